The second-order valence-corrected chi connectivity index (χ2v) is 3.48. The number of carbonyl (C=O) groups is 2. The molecule has 0 aliphatic carbocycles. The molecule has 0 saturated carbocycles. The van der Waals surface area contributed by atoms with E-state index in [1.807, 2.05) is 6.92 Å². The molecule has 1 amide bonds. The molecule has 5 nitrogen and oxygen atoms in total. The summed E-state index contributed by atoms with van der Waals surface area (Å²) < 4.78 is 5.32. The number of anilines is 1. The number of nitrogens with one attached hydrogen (secondary N) is 1. The van der Waals surface area contributed by atoms with E-state index in [1.54, 1.807) is 24.3 Å². The maximum Gasteiger partial charge on any atom is 0.315 e. The largest absolute Gasteiger partial charge is 0.492 e. The SMILES string of the molecule is CCOc1ccccc1NC(=O)C(C)C(=O)O. The fourth-order valence-corrected chi connectivity index (χ4v) is 1.20. The monoisotopic (exact) mass is 237 g/mol. The molecule has 1 aromatic carbocycles. The molecule has 1 aromatic rings. The summed E-state index contributed by atoms with van der Waals surface area (Å²) in [5.74, 6) is -2.29. The topological polar surface area (TPSA) is 75.6 Å². The molecular weight excluding hydrogens is 222 g/mol. The van der Waals surface area contributed by atoms with Crippen molar-refractivity contribution in [1.82, 2.24) is 0 Å². The van der Waals surface area contributed by atoms with Gasteiger partial charge in [0, 0.05) is 0 Å². The van der Waals surface area contributed by atoms with Gasteiger partial charge in [0.05, 0.1) is 12.3 Å². The Morgan fingerprint density at radius 1 is 1.41 bits per heavy atom. The summed E-state index contributed by atoms with van der Waals surface area (Å²) in [6, 6.07) is 6.90. The molecule has 0 radical (unpaired) electrons. The summed E-state index contributed by atoms with van der Waals surface area (Å²) in [6.45, 7) is 3.64. The number of para-hydroxylation sites is 2. The molecule has 0 fully saturated rings. The average molecular weight is 237 g/mol. The lowest BCUT2D eigenvalue weighted by Crippen LogP contribution is -2.27. The van der Waals surface area contributed by atoms with E-state index < -0.39 is 17.8 Å². The minimum absolute atomic E-state index is 0.474. The van der Waals surface area contributed by atoms with Gasteiger partial charge >= 0.3 is 5.97 Å². The third-order valence-electron chi connectivity index (χ3n) is 2.21. The number of carboxylic acid groups (broad SMARTS) is 1. The van der Waals surface area contributed by atoms with Crippen LogP contribution in [-0.4, -0.2) is 23.6 Å². The van der Waals surface area contributed by atoms with Gasteiger partial charge in [0.2, 0.25) is 5.91 Å². The van der Waals surface area contributed by atoms with Gasteiger partial charge in [0.25, 0.3) is 0 Å². The van der Waals surface area contributed by atoms with Crippen LogP contribution in [0.15, 0.2) is 24.3 Å². The van der Waals surface area contributed by atoms with Crippen molar-refractivity contribution in [1.29, 1.82) is 0 Å². The van der Waals surface area contributed by atoms with Gasteiger partial charge in [0.1, 0.15) is 11.7 Å². The highest BCUT2D eigenvalue weighted by Crippen LogP contribution is 2.24. The Labute approximate surface area is 99.4 Å². The fourth-order valence-electron chi connectivity index (χ4n) is 1.20. The van der Waals surface area contributed by atoms with Crippen molar-refractivity contribution < 1.29 is 19.4 Å². The smallest absolute Gasteiger partial charge is 0.315 e. The Hall–Kier alpha value is -2.04. The maximum absolute atomic E-state index is 11.6. The highest BCUT2D eigenvalue weighted by molar-refractivity contribution is 6.04. The summed E-state index contributed by atoms with van der Waals surface area (Å²) in [5, 5.41) is 11.2. The number of carboxylic acids is 1. The van der Waals surface area contributed by atoms with Crippen molar-refractivity contribution in [2.24, 2.45) is 5.92 Å². The molecule has 17 heavy (non-hydrogen) atoms. The van der Waals surface area contributed by atoms with Crippen LogP contribution in [-0.2, 0) is 9.59 Å². The van der Waals surface area contributed by atoms with Gasteiger partial charge in [-0.05, 0) is 26.0 Å². The first-order chi connectivity index (χ1) is 8.06. The van der Waals surface area contributed by atoms with Crippen LogP contribution in [0.3, 0.4) is 0 Å². The number of rotatable bonds is 5. The van der Waals surface area contributed by atoms with E-state index in [4.69, 9.17) is 9.84 Å². The third kappa shape index (κ3) is 3.48. The molecule has 5 heteroatoms. The third-order valence-corrected chi connectivity index (χ3v) is 2.21. The highest BCUT2D eigenvalue weighted by Gasteiger charge is 2.21. The number of hydrogen-bond acceptors (Lipinski definition) is 3. The zero-order valence-electron chi connectivity index (χ0n) is 9.77. The first-order valence-electron chi connectivity index (χ1n) is 5.31. The van der Waals surface area contributed by atoms with E-state index in [1.165, 1.54) is 6.92 Å². The quantitative estimate of drug-likeness (QED) is 0.765. The molecule has 0 aromatic heterocycles. The molecule has 0 heterocycles. The zero-order chi connectivity index (χ0) is 12.8. The lowest BCUT2D eigenvalue weighted by atomic mass is 10.1. The minimum Gasteiger partial charge on any atom is -0.492 e. The standard InChI is InChI=1S/C12H15NO4/c1-3-17-10-7-5-4-6-9(10)13-11(14)8(2)12(15)16/h4-8H,3H2,1-2H3,(H,13,14)(H,15,16). The lowest BCUT2D eigenvalue weighted by molar-refractivity contribution is -0.144. The van der Waals surface area contributed by atoms with Gasteiger partial charge in [-0.1, -0.05) is 12.1 Å². The van der Waals surface area contributed by atoms with E-state index in [0.29, 0.717) is 18.0 Å². The van der Waals surface area contributed by atoms with Gasteiger partial charge in [-0.2, -0.15) is 0 Å². The Morgan fingerprint density at radius 3 is 2.65 bits per heavy atom. The minimum atomic E-state index is -1.16. The van der Waals surface area contributed by atoms with Crippen LogP contribution in [0.5, 0.6) is 5.75 Å². The van der Waals surface area contributed by atoms with Gasteiger partial charge in [-0.3, -0.25) is 9.59 Å². The average Bonchev–Trinajstić information content (AvgIpc) is 2.30. The number of benzene rings is 1. The summed E-state index contributed by atoms with van der Waals surface area (Å²) in [7, 11) is 0. The van der Waals surface area contributed by atoms with Gasteiger partial charge in [-0.25, -0.2) is 0 Å². The van der Waals surface area contributed by atoms with Gasteiger partial charge in [0.15, 0.2) is 0 Å². The Kier molecular flexibility index (Phi) is 4.51. The van der Waals surface area contributed by atoms with Crippen molar-refractivity contribution in [3.8, 4) is 5.75 Å². The zero-order valence-corrected chi connectivity index (χ0v) is 9.77. The second kappa shape index (κ2) is 5.89. The number of carbonyl (C=O) groups excluding carboxylic acids is 1. The van der Waals surface area contributed by atoms with Crippen LogP contribution in [0.2, 0.25) is 0 Å². The first kappa shape index (κ1) is 13.0. The predicted octanol–water partition coefficient (Wildman–Crippen LogP) is 1.74. The molecule has 0 aliphatic rings. The lowest BCUT2D eigenvalue weighted by Gasteiger charge is -2.12. The number of aliphatic carboxylic acids is 1. The van der Waals surface area contributed by atoms with Crippen LogP contribution < -0.4 is 10.1 Å². The van der Waals surface area contributed by atoms with Crippen molar-refractivity contribution >= 4 is 17.6 Å². The molecule has 0 bridgehead atoms. The van der Waals surface area contributed by atoms with Crippen LogP contribution in [0.4, 0.5) is 5.69 Å². The number of hydrogen-bond donors (Lipinski definition) is 2. The molecule has 1 unspecified atom stereocenters. The summed E-state index contributed by atoms with van der Waals surface area (Å²) in [4.78, 5) is 22.2. The van der Waals surface area contributed by atoms with Gasteiger partial charge < -0.3 is 15.2 Å². The van der Waals surface area contributed by atoms with Crippen LogP contribution in [0.1, 0.15) is 13.8 Å². The van der Waals surface area contributed by atoms with E-state index in [9.17, 15) is 9.59 Å². The van der Waals surface area contributed by atoms with Crippen molar-refractivity contribution in [3.05, 3.63) is 24.3 Å². The molecule has 0 saturated heterocycles. The molecule has 1 rings (SSSR count). The predicted molar refractivity (Wildman–Crippen MR) is 63.0 cm³/mol. The normalized spacial score (nSPS) is 11.6. The van der Waals surface area contributed by atoms with Crippen LogP contribution >= 0.6 is 0 Å². The van der Waals surface area contributed by atoms with E-state index in [-0.39, 0.29) is 0 Å². The molecule has 2 N–H and O–H groups in total. The fraction of sp³-hybridized carbons (Fsp3) is 0.333. The summed E-state index contributed by atoms with van der Waals surface area (Å²) in [6.07, 6.45) is 0. The molecule has 0 spiro atoms. The molecular formula is C12H15NO4. The van der Waals surface area contributed by atoms with Crippen LogP contribution in [0, 0.1) is 5.92 Å². The van der Waals surface area contributed by atoms with Crippen molar-refractivity contribution in [2.75, 3.05) is 11.9 Å². The Morgan fingerprint density at radius 2 is 2.06 bits per heavy atom. The Balaban J connectivity index is 2.80. The first-order valence-corrected chi connectivity index (χ1v) is 5.31. The van der Waals surface area contributed by atoms with E-state index in [0.717, 1.165) is 0 Å². The van der Waals surface area contributed by atoms with E-state index >= 15 is 0 Å². The number of ether oxygens (including phenoxy) is 1. The molecule has 92 valence electrons. The highest BCUT2D eigenvalue weighted by atomic mass is 16.5. The molecule has 1 atom stereocenters. The van der Waals surface area contributed by atoms with E-state index in [2.05, 4.69) is 5.32 Å². The van der Waals surface area contributed by atoms with Crippen molar-refractivity contribution in [2.45, 2.75) is 13.8 Å². The number of amides is 1. The maximum atomic E-state index is 11.6. The van der Waals surface area contributed by atoms with Crippen LogP contribution in [0.25, 0.3) is 0 Å². The van der Waals surface area contributed by atoms with Gasteiger partial charge in [-0.15, -0.1) is 0 Å². The molecule has 0 aliphatic heterocycles. The summed E-state index contributed by atoms with van der Waals surface area (Å²) in [5.41, 5.74) is 0.479. The van der Waals surface area contributed by atoms with Crippen molar-refractivity contribution in [3.63, 3.8) is 0 Å². The summed E-state index contributed by atoms with van der Waals surface area (Å²) >= 11 is 0. The Bertz CT molecular complexity index is 417. The second-order valence-electron chi connectivity index (χ2n) is 3.48.